The van der Waals surface area contributed by atoms with Crippen LogP contribution in [-0.4, -0.2) is 39.0 Å². The zero-order chi connectivity index (χ0) is 14.5. The van der Waals surface area contributed by atoms with Gasteiger partial charge in [-0.15, -0.1) is 0 Å². The third-order valence-electron chi connectivity index (χ3n) is 2.64. The summed E-state index contributed by atoms with van der Waals surface area (Å²) in [7, 11) is -2.78. The molecule has 0 aliphatic heterocycles. The van der Waals surface area contributed by atoms with Gasteiger partial charge in [-0.3, -0.25) is 4.79 Å². The second-order valence-electron chi connectivity index (χ2n) is 4.29. The first-order valence-corrected chi connectivity index (χ1v) is 7.23. The van der Waals surface area contributed by atoms with Crippen molar-refractivity contribution in [3.8, 4) is 0 Å². The van der Waals surface area contributed by atoms with E-state index in [9.17, 15) is 18.3 Å². The molecule has 2 N–H and O–H groups in total. The molecule has 19 heavy (non-hydrogen) atoms. The zero-order valence-corrected chi connectivity index (χ0v) is 11.6. The highest BCUT2D eigenvalue weighted by molar-refractivity contribution is 7.90. The first-order valence-electron chi connectivity index (χ1n) is 5.58. The predicted octanol–water partition coefficient (Wildman–Crippen LogP) is -0.0135. The normalized spacial score (nSPS) is 14.7. The number of methoxy groups -OCH3 is 1. The Labute approximate surface area is 112 Å². The molecule has 0 bridgehead atoms. The molecule has 0 radical (unpaired) electrons. The number of hydrogen-bond donors (Lipinski definition) is 2. The van der Waals surface area contributed by atoms with E-state index in [1.54, 1.807) is 30.3 Å². The second kappa shape index (κ2) is 6.14. The summed E-state index contributed by atoms with van der Waals surface area (Å²) in [6, 6.07) is 8.63. The van der Waals surface area contributed by atoms with Crippen LogP contribution >= 0.6 is 0 Å². The van der Waals surface area contributed by atoms with E-state index in [-0.39, 0.29) is 0 Å². The summed E-state index contributed by atoms with van der Waals surface area (Å²) in [5, 5.41) is 9.45. The van der Waals surface area contributed by atoms with E-state index in [0.717, 1.165) is 7.11 Å². The van der Waals surface area contributed by atoms with Crippen molar-refractivity contribution in [2.75, 3.05) is 19.5 Å². The van der Waals surface area contributed by atoms with Gasteiger partial charge in [0.1, 0.15) is 0 Å². The number of carbonyl (C=O) groups excluding carboxylic acids is 1. The van der Waals surface area contributed by atoms with E-state index in [2.05, 4.69) is 9.46 Å². The second-order valence-corrected chi connectivity index (χ2v) is 6.02. The number of sulfonamides is 1. The van der Waals surface area contributed by atoms with Gasteiger partial charge in [0.25, 0.3) is 0 Å². The molecule has 0 saturated carbocycles. The van der Waals surface area contributed by atoms with Crippen LogP contribution in [0.25, 0.3) is 0 Å². The van der Waals surface area contributed by atoms with Crippen molar-refractivity contribution in [1.82, 2.24) is 4.72 Å². The Hall–Kier alpha value is -1.44. The van der Waals surface area contributed by atoms with Crippen LogP contribution in [0.1, 0.15) is 12.5 Å². The quantitative estimate of drug-likeness (QED) is 0.718. The third kappa shape index (κ3) is 4.30. The number of esters is 1. The largest absolute Gasteiger partial charge is 0.468 e. The summed E-state index contributed by atoms with van der Waals surface area (Å²) in [6.07, 6.45) is 0. The summed E-state index contributed by atoms with van der Waals surface area (Å²) < 4.78 is 30.3. The molecule has 0 spiro atoms. The van der Waals surface area contributed by atoms with E-state index in [4.69, 9.17) is 0 Å². The molecule has 6 nitrogen and oxygen atoms in total. The van der Waals surface area contributed by atoms with Crippen LogP contribution in [-0.2, 0) is 25.1 Å². The molecule has 1 rings (SSSR count). The van der Waals surface area contributed by atoms with Crippen LogP contribution in [0.5, 0.6) is 0 Å². The Balaban J connectivity index is 2.96. The van der Waals surface area contributed by atoms with Crippen molar-refractivity contribution in [1.29, 1.82) is 0 Å². The van der Waals surface area contributed by atoms with E-state index in [1.165, 1.54) is 6.92 Å². The fourth-order valence-corrected chi connectivity index (χ4v) is 2.95. The Bertz CT molecular complexity index is 528. The molecule has 0 saturated heterocycles. The maximum absolute atomic E-state index is 11.8. The van der Waals surface area contributed by atoms with Crippen LogP contribution in [0.4, 0.5) is 0 Å². The molecule has 0 aromatic heterocycles. The molecule has 0 amide bonds. The molecule has 7 heteroatoms. The monoisotopic (exact) mass is 287 g/mol. The summed E-state index contributed by atoms with van der Waals surface area (Å²) in [4.78, 5) is 11.0. The smallest absolute Gasteiger partial charge is 0.322 e. The molecule has 1 aromatic rings. The molecule has 1 atom stereocenters. The van der Waals surface area contributed by atoms with Gasteiger partial charge < -0.3 is 9.84 Å². The van der Waals surface area contributed by atoms with E-state index in [1.807, 2.05) is 0 Å². The summed E-state index contributed by atoms with van der Waals surface area (Å²) in [6.45, 7) is 1.11. The predicted molar refractivity (Wildman–Crippen MR) is 69.8 cm³/mol. The molecule has 0 aliphatic rings. The van der Waals surface area contributed by atoms with Gasteiger partial charge in [0.2, 0.25) is 10.0 Å². The first-order chi connectivity index (χ1) is 8.83. The minimum Gasteiger partial charge on any atom is -0.468 e. The summed E-state index contributed by atoms with van der Waals surface area (Å²) in [5.41, 5.74) is -0.584. The maximum Gasteiger partial charge on any atom is 0.322 e. The van der Waals surface area contributed by atoms with E-state index >= 15 is 0 Å². The molecule has 0 fully saturated rings. The fraction of sp³-hybridized carbons (Fsp3) is 0.417. The Morgan fingerprint density at radius 2 is 1.95 bits per heavy atom. The van der Waals surface area contributed by atoms with Crippen LogP contribution in [0.2, 0.25) is 0 Å². The van der Waals surface area contributed by atoms with Crippen molar-refractivity contribution in [2.24, 2.45) is 0 Å². The number of benzene rings is 1. The lowest BCUT2D eigenvalue weighted by Crippen LogP contribution is -2.48. The van der Waals surface area contributed by atoms with Gasteiger partial charge in [-0.1, -0.05) is 30.3 Å². The topological polar surface area (TPSA) is 92.7 Å². The van der Waals surface area contributed by atoms with Gasteiger partial charge in [0.15, 0.2) is 5.75 Å². The van der Waals surface area contributed by atoms with Gasteiger partial charge in [0.05, 0.1) is 19.3 Å². The van der Waals surface area contributed by atoms with Crippen LogP contribution in [0.15, 0.2) is 30.3 Å². The van der Waals surface area contributed by atoms with E-state index < -0.39 is 33.9 Å². The number of aliphatic hydroxyl groups excluding tert-OH is 1. The fourth-order valence-electron chi connectivity index (χ4n) is 1.58. The number of aliphatic hydroxyl groups is 1. The zero-order valence-electron chi connectivity index (χ0n) is 10.8. The third-order valence-corrected chi connectivity index (χ3v) is 4.02. The molecule has 1 unspecified atom stereocenters. The highest BCUT2D eigenvalue weighted by Crippen LogP contribution is 2.20. The van der Waals surface area contributed by atoms with Gasteiger partial charge >= 0.3 is 5.97 Å². The summed E-state index contributed by atoms with van der Waals surface area (Å²) >= 11 is 0. The van der Waals surface area contributed by atoms with Gasteiger partial charge in [-0.05, 0) is 12.5 Å². The van der Waals surface area contributed by atoms with Crippen LogP contribution in [0.3, 0.4) is 0 Å². The lowest BCUT2D eigenvalue weighted by Gasteiger charge is -2.28. The standard InChI is InChI=1S/C12H17NO5S/c1-12(9-14,10-6-4-3-5-7-10)13-19(16,17)8-11(15)18-2/h3-7,13-14H,8-9H2,1-2H3. The number of hydrogen-bond acceptors (Lipinski definition) is 5. The SMILES string of the molecule is COC(=O)CS(=O)(=O)NC(C)(CO)c1ccccc1. The van der Waals surface area contributed by atoms with Gasteiger partial charge in [-0.25, -0.2) is 13.1 Å². The lowest BCUT2D eigenvalue weighted by molar-refractivity contribution is -0.137. The van der Waals surface area contributed by atoms with Crippen molar-refractivity contribution in [3.63, 3.8) is 0 Å². The number of ether oxygens (including phenoxy) is 1. The minimum absolute atomic E-state index is 0.433. The average Bonchev–Trinajstić information content (AvgIpc) is 2.38. The summed E-state index contributed by atoms with van der Waals surface area (Å²) in [5.74, 6) is -1.65. The number of rotatable bonds is 6. The molecular weight excluding hydrogens is 270 g/mol. The highest BCUT2D eigenvalue weighted by atomic mass is 32.2. The average molecular weight is 287 g/mol. The van der Waals surface area contributed by atoms with Crippen molar-refractivity contribution >= 4 is 16.0 Å². The molecule has 1 aromatic carbocycles. The Morgan fingerprint density at radius 3 is 2.42 bits per heavy atom. The number of nitrogens with one attached hydrogen (secondary N) is 1. The Morgan fingerprint density at radius 1 is 1.37 bits per heavy atom. The van der Waals surface area contributed by atoms with Gasteiger partial charge in [0, 0.05) is 0 Å². The molecular formula is C12H17NO5S. The van der Waals surface area contributed by atoms with Crippen LogP contribution < -0.4 is 4.72 Å². The van der Waals surface area contributed by atoms with Gasteiger partial charge in [-0.2, -0.15) is 0 Å². The van der Waals surface area contributed by atoms with Crippen molar-refractivity contribution < 1.29 is 23.1 Å². The maximum atomic E-state index is 11.8. The lowest BCUT2D eigenvalue weighted by atomic mass is 9.94. The molecule has 0 aliphatic carbocycles. The Kier molecular flexibility index (Phi) is 5.04. The van der Waals surface area contributed by atoms with Crippen molar-refractivity contribution in [3.05, 3.63) is 35.9 Å². The molecule has 106 valence electrons. The number of carbonyl (C=O) groups is 1. The highest BCUT2D eigenvalue weighted by Gasteiger charge is 2.32. The van der Waals surface area contributed by atoms with E-state index in [0.29, 0.717) is 5.56 Å². The van der Waals surface area contributed by atoms with Crippen LogP contribution in [0, 0.1) is 0 Å². The van der Waals surface area contributed by atoms with Crippen molar-refractivity contribution in [2.45, 2.75) is 12.5 Å². The molecule has 0 heterocycles. The minimum atomic E-state index is -3.90. The first kappa shape index (κ1) is 15.6.